The van der Waals surface area contributed by atoms with Gasteiger partial charge in [-0.1, -0.05) is 13.0 Å². The van der Waals surface area contributed by atoms with E-state index in [4.69, 9.17) is 0 Å². The van der Waals surface area contributed by atoms with Crippen LogP contribution in [-0.4, -0.2) is 37.5 Å². The van der Waals surface area contributed by atoms with Crippen molar-refractivity contribution in [3.63, 3.8) is 0 Å². The molecule has 1 aliphatic heterocycles. The van der Waals surface area contributed by atoms with Crippen LogP contribution in [-0.2, 0) is 4.79 Å². The first-order valence-corrected chi connectivity index (χ1v) is 6.20. The molecule has 1 fully saturated rings. The van der Waals surface area contributed by atoms with E-state index >= 15 is 0 Å². The number of rotatable bonds is 5. The second-order valence-corrected chi connectivity index (χ2v) is 4.85. The number of nitrogens with one attached hydrogen (secondary N) is 1. The van der Waals surface area contributed by atoms with E-state index in [2.05, 4.69) is 18.8 Å². The largest absolute Gasteiger partial charge is 0.342 e. The maximum absolute atomic E-state index is 11.8. The van der Waals surface area contributed by atoms with Crippen LogP contribution < -0.4 is 5.32 Å². The zero-order valence-electron chi connectivity index (χ0n) is 10.9. The highest BCUT2D eigenvalue weighted by atomic mass is 35.5. The highest BCUT2D eigenvalue weighted by Gasteiger charge is 2.22. The summed E-state index contributed by atoms with van der Waals surface area (Å²) in [5.74, 6) is 1.38. The van der Waals surface area contributed by atoms with Gasteiger partial charge in [-0.15, -0.1) is 19.0 Å². The number of piperidine rings is 1. The van der Waals surface area contributed by atoms with Crippen molar-refractivity contribution < 1.29 is 4.79 Å². The molecule has 0 spiro atoms. The Morgan fingerprint density at radius 3 is 2.88 bits per heavy atom. The molecule has 0 radical (unpaired) electrons. The van der Waals surface area contributed by atoms with Crippen LogP contribution in [0.4, 0.5) is 0 Å². The van der Waals surface area contributed by atoms with Gasteiger partial charge >= 0.3 is 0 Å². The van der Waals surface area contributed by atoms with E-state index in [1.165, 1.54) is 12.8 Å². The summed E-state index contributed by atoms with van der Waals surface area (Å²) in [6.45, 7) is 8.69. The molecule has 3 nitrogen and oxygen atoms in total. The van der Waals surface area contributed by atoms with Crippen molar-refractivity contribution in [2.75, 3.05) is 26.7 Å². The molecule has 100 valence electrons. The number of amides is 1. The maximum Gasteiger partial charge on any atom is 0.222 e. The molecule has 0 aromatic carbocycles. The summed E-state index contributed by atoms with van der Waals surface area (Å²) in [5.41, 5.74) is 0. The van der Waals surface area contributed by atoms with Gasteiger partial charge in [-0.05, 0) is 37.8 Å². The van der Waals surface area contributed by atoms with Gasteiger partial charge in [0.2, 0.25) is 5.91 Å². The molecule has 2 atom stereocenters. The number of nitrogens with zero attached hydrogens (tertiary/aromatic N) is 1. The standard InChI is InChI=1S/C13H24N2O.ClH/c1-4-8-15(3)13(16)9-11(2)12-6-5-7-14-10-12;/h4,11-12,14H,1,5-10H2,2-3H3;1H. The number of carbonyl (C=O) groups excluding carboxylic acids is 1. The minimum Gasteiger partial charge on any atom is -0.342 e. The molecule has 1 amide bonds. The Hall–Kier alpha value is -0.540. The third-order valence-electron chi connectivity index (χ3n) is 3.47. The highest BCUT2D eigenvalue weighted by Crippen LogP contribution is 2.22. The topological polar surface area (TPSA) is 32.3 Å². The van der Waals surface area contributed by atoms with Crippen LogP contribution in [0.15, 0.2) is 12.7 Å². The smallest absolute Gasteiger partial charge is 0.222 e. The van der Waals surface area contributed by atoms with Crippen LogP contribution in [0.2, 0.25) is 0 Å². The average Bonchev–Trinajstić information content (AvgIpc) is 2.30. The summed E-state index contributed by atoms with van der Waals surface area (Å²) in [7, 11) is 1.84. The summed E-state index contributed by atoms with van der Waals surface area (Å²) in [4.78, 5) is 13.6. The van der Waals surface area contributed by atoms with Crippen molar-refractivity contribution in [2.45, 2.75) is 26.2 Å². The van der Waals surface area contributed by atoms with E-state index in [9.17, 15) is 4.79 Å². The van der Waals surface area contributed by atoms with Crippen LogP contribution in [0.1, 0.15) is 26.2 Å². The first-order chi connectivity index (χ1) is 7.65. The monoisotopic (exact) mass is 260 g/mol. The van der Waals surface area contributed by atoms with Gasteiger partial charge in [0.25, 0.3) is 0 Å². The van der Waals surface area contributed by atoms with Crippen molar-refractivity contribution in [1.29, 1.82) is 0 Å². The molecule has 2 unspecified atom stereocenters. The number of hydrogen-bond donors (Lipinski definition) is 1. The second kappa shape index (κ2) is 8.54. The molecule has 0 aromatic rings. The van der Waals surface area contributed by atoms with Crippen molar-refractivity contribution in [2.24, 2.45) is 11.8 Å². The summed E-state index contributed by atoms with van der Waals surface area (Å²) in [6, 6.07) is 0. The SMILES string of the molecule is C=CCN(C)C(=O)CC(C)C1CCCNC1.Cl. The lowest BCUT2D eigenvalue weighted by atomic mass is 9.85. The first kappa shape index (κ1) is 16.5. The predicted octanol–water partition coefficient (Wildman–Crippen LogP) is 2.08. The fourth-order valence-electron chi connectivity index (χ4n) is 2.26. The molecule has 0 bridgehead atoms. The second-order valence-electron chi connectivity index (χ2n) is 4.85. The van der Waals surface area contributed by atoms with Crippen LogP contribution in [0.3, 0.4) is 0 Å². The van der Waals surface area contributed by atoms with E-state index in [-0.39, 0.29) is 18.3 Å². The van der Waals surface area contributed by atoms with Gasteiger partial charge < -0.3 is 10.2 Å². The maximum atomic E-state index is 11.8. The number of hydrogen-bond acceptors (Lipinski definition) is 2. The van der Waals surface area contributed by atoms with Crippen LogP contribution in [0, 0.1) is 11.8 Å². The Morgan fingerprint density at radius 2 is 2.35 bits per heavy atom. The Morgan fingerprint density at radius 1 is 1.65 bits per heavy atom. The van der Waals surface area contributed by atoms with Crippen molar-refractivity contribution in [1.82, 2.24) is 10.2 Å². The molecule has 0 aromatic heterocycles. The molecule has 4 heteroatoms. The van der Waals surface area contributed by atoms with E-state index < -0.39 is 0 Å². The molecule has 0 aliphatic carbocycles. The Labute approximate surface area is 111 Å². The summed E-state index contributed by atoms with van der Waals surface area (Å²) >= 11 is 0. The molecule has 1 rings (SSSR count). The minimum atomic E-state index is 0. The quantitative estimate of drug-likeness (QED) is 0.768. The van der Waals surface area contributed by atoms with E-state index in [1.54, 1.807) is 11.0 Å². The van der Waals surface area contributed by atoms with Gasteiger partial charge in [0.1, 0.15) is 0 Å². The fraction of sp³-hybridized carbons (Fsp3) is 0.769. The molecule has 17 heavy (non-hydrogen) atoms. The lowest BCUT2D eigenvalue weighted by Crippen LogP contribution is -2.36. The van der Waals surface area contributed by atoms with Gasteiger partial charge in [0.05, 0.1) is 0 Å². The fourth-order valence-corrected chi connectivity index (χ4v) is 2.26. The summed E-state index contributed by atoms with van der Waals surface area (Å²) < 4.78 is 0. The molecule has 1 heterocycles. The summed E-state index contributed by atoms with van der Waals surface area (Å²) in [6.07, 6.45) is 4.93. The lowest BCUT2D eigenvalue weighted by molar-refractivity contribution is -0.130. The minimum absolute atomic E-state index is 0. The van der Waals surface area contributed by atoms with Crippen molar-refractivity contribution in [3.05, 3.63) is 12.7 Å². The number of halogens is 1. The third-order valence-corrected chi connectivity index (χ3v) is 3.47. The Bertz CT molecular complexity index is 240. The van der Waals surface area contributed by atoms with Gasteiger partial charge in [0, 0.05) is 20.0 Å². The first-order valence-electron chi connectivity index (χ1n) is 6.20. The molecule has 1 saturated heterocycles. The molecule has 1 N–H and O–H groups in total. The van der Waals surface area contributed by atoms with Gasteiger partial charge in [-0.3, -0.25) is 4.79 Å². The number of carbonyl (C=O) groups is 1. The highest BCUT2D eigenvalue weighted by molar-refractivity contribution is 5.85. The van der Waals surface area contributed by atoms with Crippen molar-refractivity contribution >= 4 is 18.3 Å². The Kier molecular flexibility index (Phi) is 8.26. The van der Waals surface area contributed by atoms with E-state index in [1.807, 2.05) is 7.05 Å². The van der Waals surface area contributed by atoms with Crippen molar-refractivity contribution in [3.8, 4) is 0 Å². The van der Waals surface area contributed by atoms with E-state index in [0.717, 1.165) is 13.1 Å². The zero-order valence-corrected chi connectivity index (χ0v) is 11.8. The normalized spacial score (nSPS) is 21.2. The van der Waals surface area contributed by atoms with Crippen LogP contribution in [0.25, 0.3) is 0 Å². The molecule has 0 saturated carbocycles. The zero-order chi connectivity index (χ0) is 12.0. The summed E-state index contributed by atoms with van der Waals surface area (Å²) in [5, 5.41) is 3.40. The lowest BCUT2D eigenvalue weighted by Gasteiger charge is -2.29. The van der Waals surface area contributed by atoms with E-state index in [0.29, 0.717) is 24.8 Å². The molecule has 1 aliphatic rings. The predicted molar refractivity (Wildman–Crippen MR) is 74.5 cm³/mol. The van der Waals surface area contributed by atoms with Gasteiger partial charge in [-0.2, -0.15) is 0 Å². The van der Waals surface area contributed by atoms with Gasteiger partial charge in [0.15, 0.2) is 0 Å². The van der Waals surface area contributed by atoms with Gasteiger partial charge in [-0.25, -0.2) is 0 Å². The third kappa shape index (κ3) is 5.55. The van der Waals surface area contributed by atoms with Crippen LogP contribution >= 0.6 is 12.4 Å². The molecular formula is C13H25ClN2O. The Balaban J connectivity index is 0.00000256. The molecular weight excluding hydrogens is 236 g/mol. The number of likely N-dealkylation sites (N-methyl/N-ethyl adjacent to an activating group) is 1. The van der Waals surface area contributed by atoms with Crippen LogP contribution in [0.5, 0.6) is 0 Å². The average molecular weight is 261 g/mol.